The number of nitrogens with zero attached hydrogens (tertiary/aromatic N) is 5. The van der Waals surface area contributed by atoms with E-state index in [1.165, 1.54) is 9.13 Å². The average Bonchev–Trinajstić information content (AvgIpc) is 3.53. The molecule has 182 valence electrons. The molecule has 0 unspecified atom stereocenters. The van der Waals surface area contributed by atoms with Crippen molar-refractivity contribution in [2.75, 3.05) is 0 Å². The third-order valence-corrected chi connectivity index (χ3v) is 5.97. The molecule has 4 heterocycles. The summed E-state index contributed by atoms with van der Waals surface area (Å²) in [6.45, 7) is 2.65. The molecule has 0 fully saturated rings. The minimum Gasteiger partial charge on any atom is -0.339 e. The maximum Gasteiger partial charge on any atom is 0.332 e. The van der Waals surface area contributed by atoms with E-state index in [4.69, 9.17) is 16.1 Å². The Balaban J connectivity index is 1.29. The topological polar surface area (TPSA) is 160 Å². The van der Waals surface area contributed by atoms with Crippen LogP contribution in [0.2, 0.25) is 5.28 Å². The van der Waals surface area contributed by atoms with E-state index in [0.29, 0.717) is 43.0 Å². The number of hydrogen-bond acceptors (Lipinski definition) is 7. The number of aryl methyl sites for hydroxylation is 2. The summed E-state index contributed by atoms with van der Waals surface area (Å²) in [5, 5.41) is 4.09. The van der Waals surface area contributed by atoms with Gasteiger partial charge in [0.2, 0.25) is 11.2 Å². The van der Waals surface area contributed by atoms with Crippen LogP contribution in [-0.2, 0) is 25.9 Å². The van der Waals surface area contributed by atoms with Gasteiger partial charge in [-0.25, -0.2) is 9.59 Å². The van der Waals surface area contributed by atoms with E-state index in [9.17, 15) is 14.4 Å². The highest BCUT2D eigenvalue weighted by Gasteiger charge is 2.17. The van der Waals surface area contributed by atoms with E-state index in [0.717, 1.165) is 23.9 Å². The average molecular weight is 499 g/mol. The first-order chi connectivity index (χ1) is 16.9. The third kappa shape index (κ3) is 4.56. The minimum atomic E-state index is -0.457. The summed E-state index contributed by atoms with van der Waals surface area (Å²) in [5.41, 5.74) is 1.72. The maximum atomic E-state index is 13.0. The fourth-order valence-electron chi connectivity index (χ4n) is 4.08. The number of imidazole rings is 2. The van der Waals surface area contributed by atoms with Gasteiger partial charge in [0, 0.05) is 25.9 Å². The van der Waals surface area contributed by atoms with Gasteiger partial charge in [0.05, 0.1) is 11.0 Å². The summed E-state index contributed by atoms with van der Waals surface area (Å²) in [6.07, 6.45) is 2.96. The first kappa shape index (κ1) is 22.8. The lowest BCUT2D eigenvalue weighted by Gasteiger charge is -2.10. The van der Waals surface area contributed by atoms with Gasteiger partial charge < -0.3 is 19.5 Å². The second kappa shape index (κ2) is 9.37. The number of aromatic amines is 3. The van der Waals surface area contributed by atoms with Crippen LogP contribution >= 0.6 is 11.6 Å². The van der Waals surface area contributed by atoms with Gasteiger partial charge in [-0.1, -0.05) is 24.6 Å². The van der Waals surface area contributed by atoms with Crippen molar-refractivity contribution in [3.63, 3.8) is 0 Å². The number of H-pyrrole nitrogens is 3. The third-order valence-electron chi connectivity index (χ3n) is 5.79. The molecular weight excluding hydrogens is 476 g/mol. The number of hydrogen-bond donors (Lipinski definition) is 3. The fraction of sp³-hybridized carbons (Fsp3) is 0.364. The highest BCUT2D eigenvalue weighted by molar-refractivity contribution is 6.28. The molecule has 0 aliphatic carbocycles. The van der Waals surface area contributed by atoms with Gasteiger partial charge >= 0.3 is 11.4 Å². The van der Waals surface area contributed by atoms with Gasteiger partial charge in [-0.3, -0.25) is 13.9 Å². The number of rotatable bonds is 9. The van der Waals surface area contributed by atoms with Crippen LogP contribution in [0.25, 0.3) is 22.2 Å². The smallest absolute Gasteiger partial charge is 0.332 e. The van der Waals surface area contributed by atoms with Crippen LogP contribution in [0.4, 0.5) is 0 Å². The van der Waals surface area contributed by atoms with Crippen molar-refractivity contribution >= 4 is 33.8 Å². The van der Waals surface area contributed by atoms with Gasteiger partial charge in [-0.05, 0) is 42.1 Å². The number of fused-ring (bicyclic) bond motifs is 2. The number of unbranched alkanes of at least 4 members (excludes halogenated alkanes) is 1. The molecule has 0 radical (unpaired) electrons. The lowest BCUT2D eigenvalue weighted by molar-refractivity contribution is 0.367. The normalized spacial score (nSPS) is 11.7. The van der Waals surface area contributed by atoms with Crippen molar-refractivity contribution < 1.29 is 4.52 Å². The zero-order valence-electron chi connectivity index (χ0n) is 18.9. The van der Waals surface area contributed by atoms with E-state index in [-0.39, 0.29) is 28.7 Å². The Morgan fingerprint density at radius 2 is 1.80 bits per heavy atom. The second-order valence-electron chi connectivity index (χ2n) is 8.31. The maximum absolute atomic E-state index is 13.0. The molecule has 3 N–H and O–H groups in total. The van der Waals surface area contributed by atoms with Crippen molar-refractivity contribution in [2.45, 2.75) is 52.1 Å². The van der Waals surface area contributed by atoms with Gasteiger partial charge in [0.1, 0.15) is 0 Å². The van der Waals surface area contributed by atoms with Gasteiger partial charge in [0.25, 0.3) is 5.56 Å². The van der Waals surface area contributed by atoms with Crippen LogP contribution in [-0.4, -0.2) is 39.2 Å². The molecule has 0 amide bonds. The highest BCUT2D eigenvalue weighted by atomic mass is 35.5. The molecule has 0 aliphatic heterocycles. The van der Waals surface area contributed by atoms with E-state index in [2.05, 4.69) is 30.1 Å². The molecule has 0 saturated carbocycles. The molecule has 0 saturated heterocycles. The molecule has 12 nitrogen and oxygen atoms in total. The predicted octanol–water partition coefficient (Wildman–Crippen LogP) is 2.12. The van der Waals surface area contributed by atoms with Gasteiger partial charge in [0.15, 0.2) is 17.0 Å². The van der Waals surface area contributed by atoms with Crippen LogP contribution in [0.15, 0.2) is 37.1 Å². The van der Waals surface area contributed by atoms with E-state index < -0.39 is 11.2 Å². The van der Waals surface area contributed by atoms with Gasteiger partial charge in [-0.15, -0.1) is 0 Å². The summed E-state index contributed by atoms with van der Waals surface area (Å²) in [4.78, 5) is 54.0. The standard InChI is InChI=1S/C22H23ClN8O4/c1-2-3-8-30-18-17(27-20(23)28-18)19(32)31(22(30)34)9-4-5-16-26-15(29-35-16)11-12-6-7-13-14(10-12)25-21(33)24-13/h6-7,10H,2-5,8-9,11H2,1H3,(H,27,28)(H2,24,25,33). The van der Waals surface area contributed by atoms with Crippen molar-refractivity contribution in [1.82, 2.24) is 39.2 Å². The number of halogens is 1. The highest BCUT2D eigenvalue weighted by Crippen LogP contribution is 2.14. The molecule has 5 rings (SSSR count). The fourth-order valence-corrected chi connectivity index (χ4v) is 4.25. The van der Waals surface area contributed by atoms with Gasteiger partial charge in [-0.2, -0.15) is 9.97 Å². The van der Waals surface area contributed by atoms with Crippen LogP contribution in [0.5, 0.6) is 0 Å². The SMILES string of the molecule is CCCCn1c(=O)n(CCCc2nc(Cc3ccc4[nH]c(=O)[nH]c4c3)no2)c(=O)c2[nH]c(Cl)nc21. The predicted molar refractivity (Wildman–Crippen MR) is 129 cm³/mol. The van der Waals surface area contributed by atoms with E-state index in [1.54, 1.807) is 0 Å². The van der Waals surface area contributed by atoms with E-state index >= 15 is 0 Å². The Hall–Kier alpha value is -3.93. The summed E-state index contributed by atoms with van der Waals surface area (Å²) in [5.74, 6) is 0.922. The monoisotopic (exact) mass is 498 g/mol. The lowest BCUT2D eigenvalue weighted by atomic mass is 10.1. The Bertz CT molecular complexity index is 1690. The molecule has 1 aromatic carbocycles. The Kier molecular flexibility index (Phi) is 6.12. The van der Waals surface area contributed by atoms with Crippen molar-refractivity contribution in [2.24, 2.45) is 0 Å². The minimum absolute atomic E-state index is 0.0694. The van der Waals surface area contributed by atoms with Crippen LogP contribution < -0.4 is 16.9 Å². The molecule has 5 aromatic rings. The van der Waals surface area contributed by atoms with Crippen LogP contribution in [0, 0.1) is 0 Å². The molecular formula is C22H23ClN8O4. The zero-order valence-corrected chi connectivity index (χ0v) is 19.7. The molecule has 0 atom stereocenters. The molecule has 35 heavy (non-hydrogen) atoms. The second-order valence-corrected chi connectivity index (χ2v) is 8.67. The zero-order chi connectivity index (χ0) is 24.5. The first-order valence-electron chi connectivity index (χ1n) is 11.3. The Labute approximate surface area is 202 Å². The van der Waals surface area contributed by atoms with Crippen molar-refractivity contribution in [3.05, 3.63) is 72.1 Å². The van der Waals surface area contributed by atoms with Crippen LogP contribution in [0.1, 0.15) is 43.5 Å². The number of nitrogens with one attached hydrogen (secondary N) is 3. The lowest BCUT2D eigenvalue weighted by Crippen LogP contribution is -2.40. The van der Waals surface area contributed by atoms with Crippen molar-refractivity contribution in [3.8, 4) is 0 Å². The van der Waals surface area contributed by atoms with E-state index in [1.807, 2.05) is 25.1 Å². The summed E-state index contributed by atoms with van der Waals surface area (Å²) < 4.78 is 8.03. The molecule has 0 spiro atoms. The summed E-state index contributed by atoms with van der Waals surface area (Å²) in [6, 6.07) is 5.56. The molecule has 0 bridgehead atoms. The van der Waals surface area contributed by atoms with Crippen molar-refractivity contribution in [1.29, 1.82) is 0 Å². The quantitative estimate of drug-likeness (QED) is 0.262. The summed E-state index contributed by atoms with van der Waals surface area (Å²) >= 11 is 5.97. The number of benzene rings is 1. The number of aromatic nitrogens is 8. The largest absolute Gasteiger partial charge is 0.339 e. The molecule has 4 aromatic heterocycles. The molecule has 13 heteroatoms. The first-order valence-corrected chi connectivity index (χ1v) is 11.7. The Morgan fingerprint density at radius 3 is 2.63 bits per heavy atom. The van der Waals surface area contributed by atoms with Crippen LogP contribution in [0.3, 0.4) is 0 Å². The summed E-state index contributed by atoms with van der Waals surface area (Å²) in [7, 11) is 0. The molecule has 0 aliphatic rings. The Morgan fingerprint density at radius 1 is 1.00 bits per heavy atom.